The Morgan fingerprint density at radius 2 is 0.918 bits per heavy atom. The maximum absolute atomic E-state index is 6.57. The molecular formula is C45H27N3O. The zero-order chi connectivity index (χ0) is 32.3. The van der Waals surface area contributed by atoms with E-state index in [9.17, 15) is 0 Å². The molecule has 0 N–H and O–H groups in total. The third-order valence-electron chi connectivity index (χ3n) is 9.52. The number of furan rings is 1. The Labute approximate surface area is 282 Å². The number of rotatable bonds is 4. The summed E-state index contributed by atoms with van der Waals surface area (Å²) in [5, 5.41) is 9.35. The van der Waals surface area contributed by atoms with Crippen LogP contribution < -0.4 is 0 Å². The number of nitrogens with zero attached hydrogens (tertiary/aromatic N) is 3. The van der Waals surface area contributed by atoms with Gasteiger partial charge in [0.15, 0.2) is 17.5 Å². The monoisotopic (exact) mass is 625 g/mol. The number of fused-ring (bicyclic) bond motifs is 8. The minimum atomic E-state index is 0.602. The molecule has 10 aromatic rings. The van der Waals surface area contributed by atoms with E-state index < -0.39 is 0 Å². The maximum atomic E-state index is 6.57. The first-order valence-corrected chi connectivity index (χ1v) is 16.4. The highest BCUT2D eigenvalue weighted by Gasteiger charge is 2.20. The van der Waals surface area contributed by atoms with E-state index in [1.165, 1.54) is 26.9 Å². The van der Waals surface area contributed by atoms with Gasteiger partial charge in [-0.1, -0.05) is 140 Å². The van der Waals surface area contributed by atoms with E-state index in [-0.39, 0.29) is 0 Å². The van der Waals surface area contributed by atoms with E-state index in [0.717, 1.165) is 55.1 Å². The van der Waals surface area contributed by atoms with Crippen LogP contribution in [-0.4, -0.2) is 15.0 Å². The Balaban J connectivity index is 1.20. The van der Waals surface area contributed by atoms with Crippen molar-refractivity contribution in [2.45, 2.75) is 0 Å². The van der Waals surface area contributed by atoms with Gasteiger partial charge < -0.3 is 4.42 Å². The lowest BCUT2D eigenvalue weighted by Gasteiger charge is -2.12. The zero-order valence-corrected chi connectivity index (χ0v) is 26.3. The summed E-state index contributed by atoms with van der Waals surface area (Å²) in [5.74, 6) is 1.85. The average Bonchev–Trinajstić information content (AvgIpc) is 3.57. The molecule has 4 heteroatoms. The lowest BCUT2D eigenvalue weighted by molar-refractivity contribution is 0.670. The summed E-state index contributed by atoms with van der Waals surface area (Å²) >= 11 is 0. The summed E-state index contributed by atoms with van der Waals surface area (Å²) < 4.78 is 6.57. The molecule has 2 aromatic heterocycles. The molecule has 0 atom stereocenters. The third-order valence-corrected chi connectivity index (χ3v) is 9.52. The van der Waals surface area contributed by atoms with Gasteiger partial charge in [0.1, 0.15) is 11.2 Å². The first-order valence-electron chi connectivity index (χ1n) is 16.4. The Kier molecular flexibility index (Phi) is 6.15. The van der Waals surface area contributed by atoms with Crippen molar-refractivity contribution >= 4 is 54.3 Å². The van der Waals surface area contributed by atoms with E-state index in [2.05, 4.69) is 109 Å². The van der Waals surface area contributed by atoms with Crippen molar-refractivity contribution in [2.75, 3.05) is 0 Å². The summed E-state index contributed by atoms with van der Waals surface area (Å²) in [6.07, 6.45) is 0. The zero-order valence-electron chi connectivity index (χ0n) is 26.3. The molecule has 0 saturated heterocycles. The van der Waals surface area contributed by atoms with Crippen LogP contribution in [0.1, 0.15) is 0 Å². The number of para-hydroxylation sites is 1. The molecule has 0 radical (unpaired) electrons. The second-order valence-electron chi connectivity index (χ2n) is 12.4. The molecular weight excluding hydrogens is 599 g/mol. The van der Waals surface area contributed by atoms with Gasteiger partial charge >= 0.3 is 0 Å². The molecule has 0 fully saturated rings. The van der Waals surface area contributed by atoms with Crippen LogP contribution >= 0.6 is 0 Å². The molecule has 228 valence electrons. The van der Waals surface area contributed by atoms with E-state index in [4.69, 9.17) is 19.4 Å². The fraction of sp³-hybridized carbons (Fsp3) is 0. The van der Waals surface area contributed by atoms with Crippen molar-refractivity contribution < 1.29 is 4.42 Å². The highest BCUT2D eigenvalue weighted by Crippen LogP contribution is 2.42. The van der Waals surface area contributed by atoms with E-state index in [1.54, 1.807) is 0 Å². The van der Waals surface area contributed by atoms with Gasteiger partial charge in [-0.15, -0.1) is 0 Å². The molecule has 0 saturated carbocycles. The largest absolute Gasteiger partial charge is 0.455 e. The second kappa shape index (κ2) is 11.0. The second-order valence-corrected chi connectivity index (χ2v) is 12.4. The number of hydrogen-bond donors (Lipinski definition) is 0. The van der Waals surface area contributed by atoms with E-state index >= 15 is 0 Å². The van der Waals surface area contributed by atoms with Crippen molar-refractivity contribution in [3.05, 3.63) is 164 Å². The fourth-order valence-electron chi connectivity index (χ4n) is 7.17. The van der Waals surface area contributed by atoms with Crippen LogP contribution in [-0.2, 0) is 0 Å². The Morgan fingerprint density at radius 1 is 0.347 bits per heavy atom. The van der Waals surface area contributed by atoms with Crippen molar-refractivity contribution in [3.8, 4) is 45.3 Å². The number of benzene rings is 8. The molecule has 0 aliphatic rings. The summed E-state index contributed by atoms with van der Waals surface area (Å²) in [6.45, 7) is 0. The molecule has 2 heterocycles. The lowest BCUT2D eigenvalue weighted by atomic mass is 9.96. The smallest absolute Gasteiger partial charge is 0.164 e. The van der Waals surface area contributed by atoms with Gasteiger partial charge in [0, 0.05) is 33.0 Å². The summed E-state index contributed by atoms with van der Waals surface area (Å²) in [5.41, 5.74) is 6.54. The van der Waals surface area contributed by atoms with Gasteiger partial charge in [-0.25, -0.2) is 15.0 Å². The standard InChI is InChI=1S/C45H27N3O/c1-3-11-28(12-4-1)35-25-26-39(41-38-17-9-10-18-40(38)49-42(35)41)45-47-43(30-14-5-2-6-15-30)46-44(48-45)32-21-22-34-31(27-32)20-24-36-33-16-8-7-13-29(33)19-23-37(34)36/h1-27H. The van der Waals surface area contributed by atoms with Crippen molar-refractivity contribution in [3.63, 3.8) is 0 Å². The molecule has 0 bridgehead atoms. The SMILES string of the molecule is c1ccc(-c2nc(-c3ccc4c(ccc5c6ccccc6ccc45)c3)nc(-c3ccc(-c4ccccc4)c4oc5ccccc5c34)n2)cc1. The molecule has 0 spiro atoms. The predicted molar refractivity (Wildman–Crippen MR) is 201 cm³/mol. The maximum Gasteiger partial charge on any atom is 0.164 e. The Bertz CT molecular complexity index is 2880. The first-order chi connectivity index (χ1) is 24.3. The van der Waals surface area contributed by atoms with Gasteiger partial charge in [-0.2, -0.15) is 0 Å². The highest BCUT2D eigenvalue weighted by molar-refractivity contribution is 6.18. The van der Waals surface area contributed by atoms with Crippen LogP contribution in [0.4, 0.5) is 0 Å². The van der Waals surface area contributed by atoms with E-state index in [0.29, 0.717) is 17.5 Å². The molecule has 0 aliphatic carbocycles. The third kappa shape index (κ3) is 4.49. The molecule has 0 aliphatic heterocycles. The fourth-order valence-corrected chi connectivity index (χ4v) is 7.17. The Morgan fingerprint density at radius 3 is 1.71 bits per heavy atom. The predicted octanol–water partition coefficient (Wildman–Crippen LogP) is 11.9. The van der Waals surface area contributed by atoms with Crippen LogP contribution in [0, 0.1) is 0 Å². The molecule has 10 rings (SSSR count). The van der Waals surface area contributed by atoms with Gasteiger partial charge in [-0.3, -0.25) is 0 Å². The number of hydrogen-bond acceptors (Lipinski definition) is 4. The van der Waals surface area contributed by atoms with Crippen molar-refractivity contribution in [2.24, 2.45) is 0 Å². The quantitative estimate of drug-likeness (QED) is 0.183. The van der Waals surface area contributed by atoms with Gasteiger partial charge in [0.2, 0.25) is 0 Å². The van der Waals surface area contributed by atoms with Gasteiger partial charge in [-0.05, 0) is 62.1 Å². The van der Waals surface area contributed by atoms with Gasteiger partial charge in [0.25, 0.3) is 0 Å². The molecule has 0 amide bonds. The topological polar surface area (TPSA) is 51.8 Å². The summed E-state index contributed by atoms with van der Waals surface area (Å²) in [6, 6.07) is 56.8. The van der Waals surface area contributed by atoms with Gasteiger partial charge in [0.05, 0.1) is 0 Å². The van der Waals surface area contributed by atoms with Crippen LogP contribution in [0.2, 0.25) is 0 Å². The molecule has 4 nitrogen and oxygen atoms in total. The molecule has 49 heavy (non-hydrogen) atoms. The van der Waals surface area contributed by atoms with Crippen LogP contribution in [0.15, 0.2) is 168 Å². The van der Waals surface area contributed by atoms with Crippen LogP contribution in [0.5, 0.6) is 0 Å². The van der Waals surface area contributed by atoms with Crippen LogP contribution in [0.25, 0.3) is 99.5 Å². The first kappa shape index (κ1) is 27.5. The number of aromatic nitrogens is 3. The minimum absolute atomic E-state index is 0.602. The summed E-state index contributed by atoms with van der Waals surface area (Å²) in [7, 11) is 0. The van der Waals surface area contributed by atoms with Crippen molar-refractivity contribution in [1.29, 1.82) is 0 Å². The van der Waals surface area contributed by atoms with Crippen LogP contribution in [0.3, 0.4) is 0 Å². The molecule has 8 aromatic carbocycles. The average molecular weight is 626 g/mol. The van der Waals surface area contributed by atoms with E-state index in [1.807, 2.05) is 54.6 Å². The minimum Gasteiger partial charge on any atom is -0.455 e. The van der Waals surface area contributed by atoms with Crippen molar-refractivity contribution in [1.82, 2.24) is 15.0 Å². The highest BCUT2D eigenvalue weighted by atomic mass is 16.3. The normalized spacial score (nSPS) is 11.7. The Hall–Kier alpha value is -6.65. The summed E-state index contributed by atoms with van der Waals surface area (Å²) in [4.78, 5) is 15.4. The lowest BCUT2D eigenvalue weighted by Crippen LogP contribution is -2.00. The molecule has 0 unspecified atom stereocenters.